The number of anilines is 1. The fourth-order valence-corrected chi connectivity index (χ4v) is 3.35. The second kappa shape index (κ2) is 5.62. The molecular weight excluding hydrogens is 320 g/mol. The smallest absolute Gasteiger partial charge is 0.129 e. The van der Waals surface area contributed by atoms with Gasteiger partial charge < -0.3 is 14.4 Å². The Bertz CT molecular complexity index is 489. The van der Waals surface area contributed by atoms with E-state index in [-0.39, 0.29) is 11.7 Å². The summed E-state index contributed by atoms with van der Waals surface area (Å²) < 4.78 is 12.8. The zero-order valence-corrected chi connectivity index (χ0v) is 13.6. The van der Waals surface area contributed by atoms with Crippen LogP contribution in [-0.2, 0) is 9.47 Å². The number of hydrogen-bond acceptors (Lipinski definition) is 4. The largest absolute Gasteiger partial charge is 0.381 e. The van der Waals surface area contributed by atoms with Crippen LogP contribution in [-0.4, -0.2) is 43.0 Å². The summed E-state index contributed by atoms with van der Waals surface area (Å²) in [4.78, 5) is 7.06. The van der Waals surface area contributed by atoms with E-state index in [1.54, 1.807) is 0 Å². The zero-order valence-electron chi connectivity index (χ0n) is 12.1. The lowest BCUT2D eigenvalue weighted by molar-refractivity contribution is -0.145. The number of hydrogen-bond donors (Lipinski definition) is 0. The Morgan fingerprint density at radius 3 is 2.80 bits per heavy atom. The van der Waals surface area contributed by atoms with E-state index in [1.807, 2.05) is 6.92 Å². The van der Waals surface area contributed by atoms with Gasteiger partial charge in [0.25, 0.3) is 0 Å². The molecule has 2 saturated heterocycles. The molecule has 0 radical (unpaired) electrons. The summed E-state index contributed by atoms with van der Waals surface area (Å²) in [6.07, 6.45) is 2.18. The van der Waals surface area contributed by atoms with Gasteiger partial charge >= 0.3 is 0 Å². The van der Waals surface area contributed by atoms with Crippen molar-refractivity contribution in [1.82, 2.24) is 4.98 Å². The molecule has 0 saturated carbocycles. The molecule has 0 bridgehead atoms. The van der Waals surface area contributed by atoms with Gasteiger partial charge in [-0.05, 0) is 41.9 Å². The van der Waals surface area contributed by atoms with E-state index in [1.165, 1.54) is 0 Å². The molecule has 110 valence electrons. The second-order valence-electron chi connectivity index (χ2n) is 5.84. The first kappa shape index (κ1) is 14.3. The highest BCUT2D eigenvalue weighted by Crippen LogP contribution is 2.33. The number of ether oxygens (including phenoxy) is 2. The lowest BCUT2D eigenvalue weighted by Crippen LogP contribution is -2.57. The van der Waals surface area contributed by atoms with Gasteiger partial charge in [0, 0.05) is 43.6 Å². The summed E-state index contributed by atoms with van der Waals surface area (Å²) in [7, 11) is 0. The molecule has 4 nitrogen and oxygen atoms in total. The highest BCUT2D eigenvalue weighted by Gasteiger charge is 2.41. The Kier molecular flexibility index (Phi) is 4.02. The van der Waals surface area contributed by atoms with Crippen LogP contribution in [0.5, 0.6) is 0 Å². The summed E-state index contributed by atoms with van der Waals surface area (Å²) in [5, 5.41) is 0. The first-order valence-electron chi connectivity index (χ1n) is 7.22. The Labute approximate surface area is 128 Å². The van der Waals surface area contributed by atoms with Crippen LogP contribution >= 0.6 is 15.9 Å². The van der Waals surface area contributed by atoms with E-state index < -0.39 is 0 Å². The van der Waals surface area contributed by atoms with Crippen LogP contribution in [0, 0.1) is 6.92 Å². The normalized spacial score (nSPS) is 25.9. The highest BCUT2D eigenvalue weighted by atomic mass is 79.9. The molecule has 3 heterocycles. The molecule has 2 aliphatic heterocycles. The maximum atomic E-state index is 6.26. The summed E-state index contributed by atoms with van der Waals surface area (Å²) >= 11 is 3.51. The number of aryl methyl sites for hydroxylation is 1. The molecule has 5 heteroatoms. The zero-order chi connectivity index (χ0) is 14.2. The minimum atomic E-state index is -0.0570. The molecule has 3 rings (SSSR count). The van der Waals surface area contributed by atoms with E-state index in [0.29, 0.717) is 0 Å². The molecule has 1 atom stereocenters. The molecule has 0 aliphatic carbocycles. The minimum Gasteiger partial charge on any atom is -0.381 e. The van der Waals surface area contributed by atoms with Crippen LogP contribution in [0.3, 0.4) is 0 Å². The quantitative estimate of drug-likeness (QED) is 0.787. The number of aromatic nitrogens is 1. The molecule has 2 fully saturated rings. The van der Waals surface area contributed by atoms with Crippen molar-refractivity contribution in [2.75, 3.05) is 31.2 Å². The monoisotopic (exact) mass is 340 g/mol. The summed E-state index contributed by atoms with van der Waals surface area (Å²) in [6.45, 7) is 7.59. The van der Waals surface area contributed by atoms with Crippen LogP contribution in [0.25, 0.3) is 0 Å². The molecule has 1 spiro atoms. The first-order valence-corrected chi connectivity index (χ1v) is 8.01. The molecule has 1 aromatic heterocycles. The summed E-state index contributed by atoms with van der Waals surface area (Å²) in [5.74, 6) is 1.05. The second-order valence-corrected chi connectivity index (χ2v) is 6.70. The molecule has 0 aromatic carbocycles. The van der Waals surface area contributed by atoms with E-state index in [0.717, 1.165) is 55.1 Å². The molecule has 0 N–H and O–H groups in total. The molecular formula is C15H21BrN2O2. The van der Waals surface area contributed by atoms with Crippen molar-refractivity contribution in [1.29, 1.82) is 0 Å². The summed E-state index contributed by atoms with van der Waals surface area (Å²) in [6, 6.07) is 4.16. The van der Waals surface area contributed by atoms with Crippen molar-refractivity contribution in [3.63, 3.8) is 0 Å². The number of rotatable bonds is 1. The van der Waals surface area contributed by atoms with Crippen molar-refractivity contribution >= 4 is 21.7 Å². The number of halogens is 1. The van der Waals surface area contributed by atoms with Crippen molar-refractivity contribution in [3.05, 3.63) is 22.3 Å². The molecule has 1 unspecified atom stereocenters. The maximum absolute atomic E-state index is 6.26. The predicted octanol–water partition coefficient (Wildman–Crippen LogP) is 2.93. The van der Waals surface area contributed by atoms with E-state index in [9.17, 15) is 0 Å². The molecule has 0 amide bonds. The maximum Gasteiger partial charge on any atom is 0.129 e. The predicted molar refractivity (Wildman–Crippen MR) is 82.2 cm³/mol. The van der Waals surface area contributed by atoms with Crippen molar-refractivity contribution in [3.8, 4) is 0 Å². The Hall–Kier alpha value is -0.650. The molecule has 2 aliphatic rings. The van der Waals surface area contributed by atoms with Crippen LogP contribution in [0.2, 0.25) is 0 Å². The summed E-state index contributed by atoms with van der Waals surface area (Å²) in [5.41, 5.74) is 0.973. The van der Waals surface area contributed by atoms with Gasteiger partial charge in [0.2, 0.25) is 0 Å². The Morgan fingerprint density at radius 1 is 1.35 bits per heavy atom. The number of morpholine rings is 1. The van der Waals surface area contributed by atoms with Gasteiger partial charge in [-0.2, -0.15) is 0 Å². The van der Waals surface area contributed by atoms with Gasteiger partial charge in [-0.3, -0.25) is 0 Å². The van der Waals surface area contributed by atoms with Crippen molar-refractivity contribution in [2.24, 2.45) is 0 Å². The van der Waals surface area contributed by atoms with Crippen molar-refractivity contribution < 1.29 is 9.47 Å². The number of pyridine rings is 1. The molecule has 1 aromatic rings. The van der Waals surface area contributed by atoms with E-state index in [4.69, 9.17) is 14.5 Å². The van der Waals surface area contributed by atoms with E-state index in [2.05, 4.69) is 39.9 Å². The third kappa shape index (κ3) is 2.85. The van der Waals surface area contributed by atoms with Crippen LogP contribution in [0.15, 0.2) is 16.6 Å². The fourth-order valence-electron chi connectivity index (χ4n) is 3.12. The van der Waals surface area contributed by atoms with Crippen LogP contribution in [0.4, 0.5) is 5.82 Å². The fraction of sp³-hybridized carbons (Fsp3) is 0.667. The highest BCUT2D eigenvalue weighted by molar-refractivity contribution is 9.10. The number of nitrogens with zero attached hydrogens (tertiary/aromatic N) is 2. The standard InChI is InChI=1S/C15H21BrN2O2/c1-11-9-18(14-4-3-13(16)12(2)17-14)10-15(20-11)5-7-19-8-6-15/h3-4,11H,5-10H2,1-2H3. The first-order chi connectivity index (χ1) is 9.58. The van der Waals surface area contributed by atoms with Crippen molar-refractivity contribution in [2.45, 2.75) is 38.4 Å². The van der Waals surface area contributed by atoms with Gasteiger partial charge in [-0.25, -0.2) is 4.98 Å². The van der Waals surface area contributed by atoms with Gasteiger partial charge in [0.1, 0.15) is 5.82 Å². The lowest BCUT2D eigenvalue weighted by atomic mass is 9.91. The van der Waals surface area contributed by atoms with Crippen LogP contribution in [0.1, 0.15) is 25.5 Å². The Balaban J connectivity index is 1.83. The topological polar surface area (TPSA) is 34.6 Å². The van der Waals surface area contributed by atoms with Gasteiger partial charge in [0.15, 0.2) is 0 Å². The van der Waals surface area contributed by atoms with Gasteiger partial charge in [-0.15, -0.1) is 0 Å². The lowest BCUT2D eigenvalue weighted by Gasteiger charge is -2.47. The molecule has 20 heavy (non-hydrogen) atoms. The SMILES string of the molecule is Cc1nc(N2CC(C)OC3(CCOCC3)C2)ccc1Br. The Morgan fingerprint density at radius 2 is 2.10 bits per heavy atom. The van der Waals surface area contributed by atoms with Crippen LogP contribution < -0.4 is 4.90 Å². The average molecular weight is 341 g/mol. The van der Waals surface area contributed by atoms with E-state index >= 15 is 0 Å². The van der Waals surface area contributed by atoms with Gasteiger partial charge in [0.05, 0.1) is 17.4 Å². The minimum absolute atomic E-state index is 0.0570. The van der Waals surface area contributed by atoms with Gasteiger partial charge in [-0.1, -0.05) is 0 Å². The third-order valence-corrected chi connectivity index (χ3v) is 4.98. The third-order valence-electron chi connectivity index (χ3n) is 4.14. The average Bonchev–Trinajstić information content (AvgIpc) is 2.42.